The highest BCUT2D eigenvalue weighted by Gasteiger charge is 2.13. The number of aromatic nitrogens is 2. The first-order chi connectivity index (χ1) is 9.76. The molecule has 0 aliphatic heterocycles. The van der Waals surface area contributed by atoms with E-state index in [9.17, 15) is 4.39 Å². The SMILES string of the molecule is CCNC(Cc1cn2ccsc2n1)c1ccc(F)cc1. The number of hydrogen-bond acceptors (Lipinski definition) is 3. The number of likely N-dealkylation sites (N-methyl/N-ethyl adjacent to an activating group) is 1. The van der Waals surface area contributed by atoms with Crippen molar-refractivity contribution in [2.24, 2.45) is 0 Å². The van der Waals surface area contributed by atoms with Crippen LogP contribution in [-0.2, 0) is 6.42 Å². The molecule has 5 heteroatoms. The molecule has 0 radical (unpaired) electrons. The summed E-state index contributed by atoms with van der Waals surface area (Å²) >= 11 is 1.63. The molecule has 2 heterocycles. The van der Waals surface area contributed by atoms with Crippen molar-refractivity contribution in [3.63, 3.8) is 0 Å². The zero-order chi connectivity index (χ0) is 13.9. The number of benzene rings is 1. The molecule has 1 atom stereocenters. The molecule has 0 amide bonds. The van der Waals surface area contributed by atoms with E-state index < -0.39 is 0 Å². The van der Waals surface area contributed by atoms with Crippen LogP contribution < -0.4 is 5.32 Å². The molecule has 1 aromatic carbocycles. The van der Waals surface area contributed by atoms with Crippen LogP contribution in [0.2, 0.25) is 0 Å². The number of imidazole rings is 1. The standard InChI is InChI=1S/C15H16FN3S/c1-2-17-14(11-3-5-12(16)6-4-11)9-13-10-19-7-8-20-15(19)18-13/h3-8,10,14,17H,2,9H2,1H3. The lowest BCUT2D eigenvalue weighted by Gasteiger charge is -2.17. The van der Waals surface area contributed by atoms with E-state index in [2.05, 4.69) is 23.4 Å². The van der Waals surface area contributed by atoms with Crippen molar-refractivity contribution in [3.05, 3.63) is 59.1 Å². The molecule has 0 saturated carbocycles. The fourth-order valence-electron chi connectivity index (χ4n) is 2.33. The zero-order valence-electron chi connectivity index (χ0n) is 11.2. The molecule has 0 saturated heterocycles. The third kappa shape index (κ3) is 2.73. The average molecular weight is 289 g/mol. The molecule has 0 spiro atoms. The summed E-state index contributed by atoms with van der Waals surface area (Å²) in [6.45, 7) is 2.94. The van der Waals surface area contributed by atoms with Crippen molar-refractivity contribution < 1.29 is 4.39 Å². The van der Waals surface area contributed by atoms with Gasteiger partial charge in [-0.15, -0.1) is 11.3 Å². The first kappa shape index (κ1) is 13.3. The summed E-state index contributed by atoms with van der Waals surface area (Å²) < 4.78 is 15.1. The van der Waals surface area contributed by atoms with Crippen LogP contribution in [0.15, 0.2) is 42.0 Å². The number of halogens is 1. The Bertz CT molecular complexity index is 658. The maximum Gasteiger partial charge on any atom is 0.193 e. The molecule has 0 bridgehead atoms. The van der Waals surface area contributed by atoms with Gasteiger partial charge >= 0.3 is 0 Å². The van der Waals surface area contributed by atoms with Crippen molar-refractivity contribution in [3.8, 4) is 0 Å². The molecule has 0 aliphatic carbocycles. The highest BCUT2D eigenvalue weighted by atomic mass is 32.1. The zero-order valence-corrected chi connectivity index (χ0v) is 12.0. The van der Waals surface area contributed by atoms with Gasteiger partial charge in [-0.1, -0.05) is 19.1 Å². The van der Waals surface area contributed by atoms with Crippen molar-refractivity contribution in [1.82, 2.24) is 14.7 Å². The molecule has 3 rings (SSSR count). The van der Waals surface area contributed by atoms with Crippen LogP contribution in [0.4, 0.5) is 4.39 Å². The topological polar surface area (TPSA) is 29.3 Å². The lowest BCUT2D eigenvalue weighted by atomic mass is 10.0. The third-order valence-corrected chi connectivity index (χ3v) is 4.05. The van der Waals surface area contributed by atoms with Crippen LogP contribution >= 0.6 is 11.3 Å². The van der Waals surface area contributed by atoms with Gasteiger partial charge in [0.1, 0.15) is 5.82 Å². The molecule has 2 aromatic heterocycles. The monoisotopic (exact) mass is 289 g/mol. The maximum atomic E-state index is 13.0. The van der Waals surface area contributed by atoms with Gasteiger partial charge in [-0.05, 0) is 24.2 Å². The molecule has 0 fully saturated rings. The molecule has 1 N–H and O–H groups in total. The van der Waals surface area contributed by atoms with E-state index in [0.717, 1.165) is 29.2 Å². The van der Waals surface area contributed by atoms with Crippen molar-refractivity contribution >= 4 is 16.3 Å². The van der Waals surface area contributed by atoms with E-state index in [1.807, 2.05) is 28.1 Å². The molecule has 20 heavy (non-hydrogen) atoms. The second-order valence-corrected chi connectivity index (χ2v) is 5.56. The smallest absolute Gasteiger partial charge is 0.193 e. The first-order valence-corrected chi connectivity index (χ1v) is 7.54. The van der Waals surface area contributed by atoms with Gasteiger partial charge in [0.2, 0.25) is 0 Å². The van der Waals surface area contributed by atoms with Gasteiger partial charge in [-0.2, -0.15) is 0 Å². The van der Waals surface area contributed by atoms with E-state index >= 15 is 0 Å². The molecule has 0 aliphatic rings. The predicted octanol–water partition coefficient (Wildman–Crippen LogP) is 3.43. The fourth-order valence-corrected chi connectivity index (χ4v) is 3.05. The summed E-state index contributed by atoms with van der Waals surface area (Å²) in [7, 11) is 0. The number of thiazole rings is 1. The summed E-state index contributed by atoms with van der Waals surface area (Å²) in [5, 5.41) is 5.46. The Morgan fingerprint density at radius 2 is 2.15 bits per heavy atom. The molecule has 3 nitrogen and oxygen atoms in total. The Labute approximate surface area is 121 Å². The van der Waals surface area contributed by atoms with Crippen molar-refractivity contribution in [1.29, 1.82) is 0 Å². The lowest BCUT2D eigenvalue weighted by molar-refractivity contribution is 0.543. The predicted molar refractivity (Wildman–Crippen MR) is 79.6 cm³/mol. The first-order valence-electron chi connectivity index (χ1n) is 6.66. The van der Waals surface area contributed by atoms with Gasteiger partial charge in [0.25, 0.3) is 0 Å². The Balaban J connectivity index is 1.83. The summed E-state index contributed by atoms with van der Waals surface area (Å²) in [4.78, 5) is 5.61. The van der Waals surface area contributed by atoms with Crippen LogP contribution in [0.25, 0.3) is 4.96 Å². The summed E-state index contributed by atoms with van der Waals surface area (Å²) in [5.41, 5.74) is 2.14. The van der Waals surface area contributed by atoms with Crippen molar-refractivity contribution in [2.75, 3.05) is 6.54 Å². The second kappa shape index (κ2) is 5.73. The van der Waals surface area contributed by atoms with E-state index in [1.54, 1.807) is 11.3 Å². The van der Waals surface area contributed by atoms with Crippen molar-refractivity contribution in [2.45, 2.75) is 19.4 Å². The van der Waals surface area contributed by atoms with Gasteiger partial charge in [0.15, 0.2) is 4.96 Å². The Kier molecular flexibility index (Phi) is 3.80. The second-order valence-electron chi connectivity index (χ2n) is 4.69. The number of hydrogen-bond donors (Lipinski definition) is 1. The minimum absolute atomic E-state index is 0.158. The minimum Gasteiger partial charge on any atom is -0.310 e. The third-order valence-electron chi connectivity index (χ3n) is 3.28. The normalized spacial score (nSPS) is 12.9. The summed E-state index contributed by atoms with van der Waals surface area (Å²) in [6, 6.07) is 6.84. The van der Waals surface area contributed by atoms with Gasteiger partial charge in [-0.25, -0.2) is 9.37 Å². The Morgan fingerprint density at radius 1 is 1.35 bits per heavy atom. The number of fused-ring (bicyclic) bond motifs is 1. The number of nitrogens with one attached hydrogen (secondary N) is 1. The molecular weight excluding hydrogens is 273 g/mol. The molecule has 1 unspecified atom stereocenters. The largest absolute Gasteiger partial charge is 0.310 e. The van der Waals surface area contributed by atoms with Crippen LogP contribution in [0, 0.1) is 5.82 Å². The molecule has 3 aromatic rings. The maximum absolute atomic E-state index is 13.0. The molecular formula is C15H16FN3S. The average Bonchev–Trinajstić information content (AvgIpc) is 3.00. The summed E-state index contributed by atoms with van der Waals surface area (Å²) in [6.07, 6.45) is 4.87. The minimum atomic E-state index is -0.202. The van der Waals surface area contributed by atoms with Gasteiger partial charge in [0.05, 0.1) is 5.69 Å². The van der Waals surface area contributed by atoms with Crippen LogP contribution in [0.1, 0.15) is 24.2 Å². The number of rotatable bonds is 5. The highest BCUT2D eigenvalue weighted by molar-refractivity contribution is 7.15. The Morgan fingerprint density at radius 3 is 2.85 bits per heavy atom. The van der Waals surface area contributed by atoms with Gasteiger partial charge < -0.3 is 5.32 Å². The van der Waals surface area contributed by atoms with E-state index in [1.165, 1.54) is 12.1 Å². The molecule has 104 valence electrons. The highest BCUT2D eigenvalue weighted by Crippen LogP contribution is 2.20. The van der Waals surface area contributed by atoms with Crippen LogP contribution in [-0.4, -0.2) is 15.9 Å². The lowest BCUT2D eigenvalue weighted by Crippen LogP contribution is -2.23. The van der Waals surface area contributed by atoms with Crippen LogP contribution in [0.5, 0.6) is 0 Å². The fraction of sp³-hybridized carbons (Fsp3) is 0.267. The van der Waals surface area contributed by atoms with E-state index in [4.69, 9.17) is 0 Å². The summed E-state index contributed by atoms with van der Waals surface area (Å²) in [5.74, 6) is -0.202. The van der Waals surface area contributed by atoms with Gasteiger partial charge in [0, 0.05) is 30.2 Å². The van der Waals surface area contributed by atoms with Gasteiger partial charge in [-0.3, -0.25) is 4.40 Å². The Hall–Kier alpha value is -1.72. The van der Waals surface area contributed by atoms with E-state index in [0.29, 0.717) is 0 Å². The van der Waals surface area contributed by atoms with E-state index in [-0.39, 0.29) is 11.9 Å². The quantitative estimate of drug-likeness (QED) is 0.779. The number of nitrogens with zero attached hydrogens (tertiary/aromatic N) is 2. The van der Waals surface area contributed by atoms with Crippen LogP contribution in [0.3, 0.4) is 0 Å².